The topological polar surface area (TPSA) is 73.3 Å². The fourth-order valence-electron chi connectivity index (χ4n) is 3.00. The molecule has 28 heavy (non-hydrogen) atoms. The van der Waals surface area contributed by atoms with Gasteiger partial charge in [-0.3, -0.25) is 4.79 Å². The lowest BCUT2D eigenvalue weighted by molar-refractivity contribution is -0.119. The lowest BCUT2D eigenvalue weighted by Crippen LogP contribution is -2.41. The van der Waals surface area contributed by atoms with Crippen LogP contribution >= 0.6 is 23.1 Å². The Labute approximate surface area is 171 Å². The zero-order valence-corrected chi connectivity index (χ0v) is 17.6. The number of carbonyl (C=O) groups is 1. The van der Waals surface area contributed by atoms with Crippen LogP contribution in [0.4, 0.5) is 0 Å². The summed E-state index contributed by atoms with van der Waals surface area (Å²) in [5.41, 5.74) is 1.19. The molecule has 1 atom stereocenters. The van der Waals surface area contributed by atoms with E-state index in [-0.39, 0.29) is 12.0 Å². The highest BCUT2D eigenvalue weighted by Gasteiger charge is 2.21. The van der Waals surface area contributed by atoms with Gasteiger partial charge in [0.2, 0.25) is 5.91 Å². The Morgan fingerprint density at radius 1 is 1.25 bits per heavy atom. The van der Waals surface area contributed by atoms with E-state index in [1.54, 1.807) is 11.3 Å². The fraction of sp³-hybridized carbons (Fsp3) is 0.350. The van der Waals surface area contributed by atoms with E-state index in [9.17, 15) is 4.79 Å². The average molecular weight is 416 g/mol. The van der Waals surface area contributed by atoms with Crippen LogP contribution < -0.4 is 14.8 Å². The third kappa shape index (κ3) is 3.93. The highest BCUT2D eigenvalue weighted by Crippen LogP contribution is 2.35. The first-order chi connectivity index (χ1) is 13.5. The van der Waals surface area contributed by atoms with E-state index < -0.39 is 0 Å². The van der Waals surface area contributed by atoms with Crippen LogP contribution in [0, 0.1) is 20.8 Å². The van der Waals surface area contributed by atoms with Crippen molar-refractivity contribution in [3.05, 3.63) is 40.5 Å². The first kappa shape index (κ1) is 19.0. The van der Waals surface area contributed by atoms with Gasteiger partial charge in [0.25, 0.3) is 0 Å². The normalized spacial score (nSPS) is 15.6. The molecule has 1 unspecified atom stereocenters. The lowest BCUT2D eigenvalue weighted by atomic mass is 10.2. The van der Waals surface area contributed by atoms with Gasteiger partial charge in [-0.2, -0.15) is 0 Å². The van der Waals surface area contributed by atoms with Crippen LogP contribution in [-0.2, 0) is 4.79 Å². The molecule has 3 heterocycles. The van der Waals surface area contributed by atoms with Gasteiger partial charge in [-0.1, -0.05) is 23.9 Å². The molecule has 8 heteroatoms. The molecule has 0 spiro atoms. The van der Waals surface area contributed by atoms with Crippen molar-refractivity contribution in [1.82, 2.24) is 15.3 Å². The third-order valence-corrected chi connectivity index (χ3v) is 6.62. The van der Waals surface area contributed by atoms with E-state index in [0.29, 0.717) is 24.7 Å². The number of benzene rings is 1. The Bertz CT molecular complexity index is 1030. The minimum absolute atomic E-state index is 0.0542. The molecule has 6 nitrogen and oxygen atoms in total. The number of ether oxygens (including phenoxy) is 2. The molecule has 3 aromatic rings. The summed E-state index contributed by atoms with van der Waals surface area (Å²) in [6.45, 7) is 6.87. The first-order valence-corrected chi connectivity index (χ1v) is 10.8. The minimum atomic E-state index is -0.196. The van der Waals surface area contributed by atoms with Gasteiger partial charge in [0, 0.05) is 10.3 Å². The van der Waals surface area contributed by atoms with Gasteiger partial charge in [0.05, 0.1) is 12.3 Å². The van der Waals surface area contributed by atoms with Crippen molar-refractivity contribution >= 4 is 39.2 Å². The Morgan fingerprint density at radius 2 is 2.04 bits per heavy atom. The van der Waals surface area contributed by atoms with E-state index in [0.717, 1.165) is 26.8 Å². The molecule has 1 aliphatic rings. The molecule has 0 radical (unpaired) electrons. The number of amides is 1. The molecule has 0 saturated heterocycles. The molecule has 0 fully saturated rings. The molecule has 4 rings (SSSR count). The SMILES string of the molecule is Cc1nc(SCC(=O)NCC2COc3ccccc3O2)c2c(C)c(C)sc2n1. The zero-order chi connectivity index (χ0) is 19.7. The molecule has 146 valence electrons. The molecule has 1 amide bonds. The molecule has 0 saturated carbocycles. The molecule has 1 aromatic carbocycles. The van der Waals surface area contributed by atoms with Crippen molar-refractivity contribution in [1.29, 1.82) is 0 Å². The van der Waals surface area contributed by atoms with Crippen molar-refractivity contribution < 1.29 is 14.3 Å². The Morgan fingerprint density at radius 3 is 2.86 bits per heavy atom. The van der Waals surface area contributed by atoms with Gasteiger partial charge in [-0.05, 0) is 38.5 Å². The first-order valence-electron chi connectivity index (χ1n) is 9.03. The summed E-state index contributed by atoms with van der Waals surface area (Å²) in [4.78, 5) is 23.6. The van der Waals surface area contributed by atoms with Crippen LogP contribution in [-0.4, -0.2) is 40.9 Å². The maximum atomic E-state index is 12.3. The summed E-state index contributed by atoms with van der Waals surface area (Å²) in [6, 6.07) is 7.55. The number of nitrogens with one attached hydrogen (secondary N) is 1. The molecule has 1 aliphatic heterocycles. The maximum absolute atomic E-state index is 12.3. The van der Waals surface area contributed by atoms with Crippen molar-refractivity contribution in [3.8, 4) is 11.5 Å². The van der Waals surface area contributed by atoms with E-state index >= 15 is 0 Å². The largest absolute Gasteiger partial charge is 0.486 e. The van der Waals surface area contributed by atoms with E-state index in [4.69, 9.17) is 9.47 Å². The number of fused-ring (bicyclic) bond motifs is 2. The second-order valence-corrected chi connectivity index (χ2v) is 8.80. The van der Waals surface area contributed by atoms with Gasteiger partial charge < -0.3 is 14.8 Å². The molecule has 0 aliphatic carbocycles. The van der Waals surface area contributed by atoms with Crippen LogP contribution in [0.15, 0.2) is 29.3 Å². The zero-order valence-electron chi connectivity index (χ0n) is 15.9. The smallest absolute Gasteiger partial charge is 0.230 e. The number of aromatic nitrogens is 2. The lowest BCUT2D eigenvalue weighted by Gasteiger charge is -2.26. The quantitative estimate of drug-likeness (QED) is 0.506. The van der Waals surface area contributed by atoms with E-state index in [1.165, 1.54) is 22.2 Å². The van der Waals surface area contributed by atoms with Gasteiger partial charge in [0.1, 0.15) is 28.4 Å². The number of thiophene rings is 1. The van der Waals surface area contributed by atoms with Crippen LogP contribution in [0.25, 0.3) is 10.2 Å². The summed E-state index contributed by atoms with van der Waals surface area (Å²) in [5, 5.41) is 4.86. The maximum Gasteiger partial charge on any atom is 0.230 e. The molecule has 0 bridgehead atoms. The average Bonchev–Trinajstić information content (AvgIpc) is 2.97. The highest BCUT2D eigenvalue weighted by atomic mass is 32.2. The second kappa shape index (κ2) is 7.97. The number of thioether (sulfide) groups is 1. The Hall–Kier alpha value is -2.32. The van der Waals surface area contributed by atoms with Crippen molar-refractivity contribution in [3.63, 3.8) is 0 Å². The molecular formula is C20H21N3O3S2. The van der Waals surface area contributed by atoms with Crippen LogP contribution in [0.5, 0.6) is 11.5 Å². The summed E-state index contributed by atoms with van der Waals surface area (Å²) in [7, 11) is 0. The summed E-state index contributed by atoms with van der Waals surface area (Å²) in [5.74, 6) is 2.42. The minimum Gasteiger partial charge on any atom is -0.486 e. The number of nitrogens with zero attached hydrogens (tertiary/aromatic N) is 2. The van der Waals surface area contributed by atoms with Gasteiger partial charge >= 0.3 is 0 Å². The third-order valence-electron chi connectivity index (χ3n) is 4.54. The fourth-order valence-corrected chi connectivity index (χ4v) is 5.10. The Balaban J connectivity index is 1.35. The number of carbonyl (C=O) groups excluding carboxylic acids is 1. The molecule has 2 aromatic heterocycles. The monoisotopic (exact) mass is 415 g/mol. The van der Waals surface area contributed by atoms with Crippen molar-refractivity contribution in [2.75, 3.05) is 18.9 Å². The van der Waals surface area contributed by atoms with Crippen LogP contribution in [0.2, 0.25) is 0 Å². The van der Waals surface area contributed by atoms with Crippen molar-refractivity contribution in [2.24, 2.45) is 0 Å². The molecule has 1 N–H and O–H groups in total. The Kier molecular flexibility index (Phi) is 5.41. The summed E-state index contributed by atoms with van der Waals surface area (Å²) < 4.78 is 11.5. The van der Waals surface area contributed by atoms with Gasteiger partial charge in [-0.25, -0.2) is 9.97 Å². The number of para-hydroxylation sites is 2. The van der Waals surface area contributed by atoms with E-state index in [2.05, 4.69) is 29.1 Å². The van der Waals surface area contributed by atoms with Gasteiger partial charge in [-0.15, -0.1) is 11.3 Å². The van der Waals surface area contributed by atoms with Crippen LogP contribution in [0.3, 0.4) is 0 Å². The summed E-state index contributed by atoms with van der Waals surface area (Å²) >= 11 is 3.12. The summed E-state index contributed by atoms with van der Waals surface area (Å²) in [6.07, 6.45) is -0.196. The number of hydrogen-bond donors (Lipinski definition) is 1. The number of hydrogen-bond acceptors (Lipinski definition) is 7. The van der Waals surface area contributed by atoms with Crippen molar-refractivity contribution in [2.45, 2.75) is 31.9 Å². The standard InChI is InChI=1S/C20H21N3O3S2/c1-11-12(2)28-20-18(11)19(22-13(3)23-20)27-10-17(24)21-8-14-9-25-15-6-4-5-7-16(15)26-14/h4-7,14H,8-10H2,1-3H3,(H,21,24). The predicted octanol–water partition coefficient (Wildman–Crippen LogP) is 3.66. The number of aryl methyl sites for hydroxylation is 3. The number of rotatable bonds is 5. The predicted molar refractivity (Wildman–Crippen MR) is 112 cm³/mol. The highest BCUT2D eigenvalue weighted by molar-refractivity contribution is 8.00. The van der Waals surface area contributed by atoms with E-state index in [1.807, 2.05) is 31.2 Å². The second-order valence-electron chi connectivity index (χ2n) is 6.63. The van der Waals surface area contributed by atoms with Gasteiger partial charge in [0.15, 0.2) is 11.5 Å². The van der Waals surface area contributed by atoms with Crippen LogP contribution in [0.1, 0.15) is 16.3 Å². The molecular weight excluding hydrogens is 394 g/mol.